The summed E-state index contributed by atoms with van der Waals surface area (Å²) in [6.45, 7) is 4.80. The predicted octanol–water partition coefficient (Wildman–Crippen LogP) is 17.2. The van der Waals surface area contributed by atoms with Gasteiger partial charge in [0.15, 0.2) is 0 Å². The first-order valence-electron chi connectivity index (χ1n) is 25.7. The molecule has 4 fully saturated rings. The molecule has 1 nitrogen and oxygen atoms in total. The fourth-order valence-corrected chi connectivity index (χ4v) is 16.2. The lowest BCUT2D eigenvalue weighted by Gasteiger charge is -2.61. The van der Waals surface area contributed by atoms with Crippen LogP contribution in [0.2, 0.25) is 0 Å². The molecule has 0 radical (unpaired) electrons. The van der Waals surface area contributed by atoms with E-state index in [-0.39, 0.29) is 10.8 Å². The Labute approximate surface area is 407 Å². The van der Waals surface area contributed by atoms with Crippen LogP contribution < -0.4 is 4.90 Å². The lowest BCUT2D eigenvalue weighted by atomic mass is 9.43. The highest BCUT2D eigenvalue weighted by Gasteiger charge is 2.61. The maximum atomic E-state index is 2.68. The highest BCUT2D eigenvalue weighted by atomic mass is 15.1. The normalized spacial score (nSPS) is 22.9. The van der Waals surface area contributed by atoms with Crippen molar-refractivity contribution in [2.75, 3.05) is 4.90 Å². The molecule has 9 aromatic rings. The van der Waals surface area contributed by atoms with Crippen molar-refractivity contribution >= 4 is 17.1 Å². The van der Waals surface area contributed by atoms with Gasteiger partial charge in [0, 0.05) is 27.8 Å². The molecule has 1 spiro atoms. The zero-order chi connectivity index (χ0) is 45.6. The van der Waals surface area contributed by atoms with Crippen LogP contribution in [0, 0.1) is 23.7 Å². The third-order valence-electron chi connectivity index (χ3n) is 18.5. The highest BCUT2D eigenvalue weighted by Crippen LogP contribution is 2.70. The van der Waals surface area contributed by atoms with Crippen molar-refractivity contribution in [1.29, 1.82) is 0 Å². The number of rotatable bonds is 6. The van der Waals surface area contributed by atoms with Gasteiger partial charge in [-0.15, -0.1) is 0 Å². The average molecular weight is 886 g/mol. The minimum Gasteiger partial charge on any atom is -0.310 e. The maximum absolute atomic E-state index is 2.68. The van der Waals surface area contributed by atoms with E-state index in [1.165, 1.54) is 127 Å². The summed E-state index contributed by atoms with van der Waals surface area (Å²) in [4.78, 5) is 2.63. The fraction of sp³-hybridized carbons (Fsp3) is 0.206. The third kappa shape index (κ3) is 5.21. The molecule has 9 aromatic carbocycles. The van der Waals surface area contributed by atoms with E-state index >= 15 is 0 Å². The summed E-state index contributed by atoms with van der Waals surface area (Å²) in [6.07, 6.45) is 6.92. The van der Waals surface area contributed by atoms with Gasteiger partial charge in [0.25, 0.3) is 0 Å². The van der Waals surface area contributed by atoms with Crippen LogP contribution >= 0.6 is 0 Å². The molecule has 0 aromatic heterocycles. The Morgan fingerprint density at radius 3 is 1.57 bits per heavy atom. The van der Waals surface area contributed by atoms with E-state index in [0.717, 1.165) is 11.8 Å². The summed E-state index contributed by atoms with van der Waals surface area (Å²) >= 11 is 0. The van der Waals surface area contributed by atoms with Gasteiger partial charge in [-0.25, -0.2) is 0 Å². The first kappa shape index (κ1) is 39.7. The Morgan fingerprint density at radius 1 is 0.377 bits per heavy atom. The lowest BCUT2D eigenvalue weighted by molar-refractivity contribution is -0.0399. The number of nitrogens with zero attached hydrogens (tertiary/aromatic N) is 1. The van der Waals surface area contributed by atoms with Gasteiger partial charge in [0.05, 0.1) is 11.1 Å². The average Bonchev–Trinajstić information content (AvgIpc) is 3.96. The molecule has 0 amide bonds. The van der Waals surface area contributed by atoms with Crippen LogP contribution in [0.15, 0.2) is 212 Å². The predicted molar refractivity (Wildman–Crippen MR) is 285 cm³/mol. The fourth-order valence-electron chi connectivity index (χ4n) is 16.2. The zero-order valence-electron chi connectivity index (χ0n) is 39.5. The molecule has 0 N–H and O–H groups in total. The van der Waals surface area contributed by atoms with Crippen LogP contribution in [0.4, 0.5) is 17.1 Å². The summed E-state index contributed by atoms with van der Waals surface area (Å²) < 4.78 is 0. The van der Waals surface area contributed by atoms with Gasteiger partial charge < -0.3 is 4.90 Å². The van der Waals surface area contributed by atoms with E-state index in [1.54, 1.807) is 11.1 Å². The summed E-state index contributed by atoms with van der Waals surface area (Å²) in [5.74, 6) is 3.15. The van der Waals surface area contributed by atoms with E-state index in [9.17, 15) is 0 Å². The van der Waals surface area contributed by atoms with Crippen molar-refractivity contribution in [2.24, 2.45) is 23.7 Å². The van der Waals surface area contributed by atoms with Gasteiger partial charge in [0.1, 0.15) is 0 Å². The number of benzene rings is 9. The Morgan fingerprint density at radius 2 is 0.884 bits per heavy atom. The SMILES string of the molecule is CC1(C)c2ccccc2-c2cccc(-c3ccc(N(c4ccc5c(c4)C4(c6ccccc6-5)C5CC6CC(C5)CC4C6)c4cccc5c4-c4ccccc4C5(c4ccccc4)c4ccccc4)cc3)c21. The minimum atomic E-state index is -0.498. The molecule has 0 atom stereocenters. The summed E-state index contributed by atoms with van der Waals surface area (Å²) in [6, 6.07) is 81.6. The van der Waals surface area contributed by atoms with Crippen LogP contribution in [-0.4, -0.2) is 0 Å². The maximum Gasteiger partial charge on any atom is 0.0714 e. The second kappa shape index (κ2) is 14.4. The second-order valence-electron chi connectivity index (χ2n) is 22.0. The largest absolute Gasteiger partial charge is 0.310 e. The van der Waals surface area contributed by atoms with Crippen LogP contribution in [0.25, 0.3) is 44.5 Å². The molecule has 7 aliphatic rings. The lowest BCUT2D eigenvalue weighted by Crippen LogP contribution is -2.55. The van der Waals surface area contributed by atoms with Crippen LogP contribution in [0.1, 0.15) is 90.5 Å². The molecule has 0 heterocycles. The molecule has 0 aliphatic heterocycles. The van der Waals surface area contributed by atoms with E-state index in [1.807, 2.05) is 0 Å². The Bertz CT molecular complexity index is 3470. The smallest absolute Gasteiger partial charge is 0.0714 e. The van der Waals surface area contributed by atoms with Crippen molar-refractivity contribution in [3.8, 4) is 44.5 Å². The Balaban J connectivity index is 0.970. The number of hydrogen-bond donors (Lipinski definition) is 0. The summed E-state index contributed by atoms with van der Waals surface area (Å²) in [5, 5.41) is 0. The molecule has 1 heteroatoms. The molecule has 332 valence electrons. The van der Waals surface area contributed by atoms with Gasteiger partial charge >= 0.3 is 0 Å². The van der Waals surface area contributed by atoms with Crippen molar-refractivity contribution < 1.29 is 0 Å². The molecule has 7 aliphatic carbocycles. The monoisotopic (exact) mass is 885 g/mol. The van der Waals surface area contributed by atoms with Crippen molar-refractivity contribution in [3.05, 3.63) is 257 Å². The third-order valence-corrected chi connectivity index (χ3v) is 18.5. The molecule has 16 rings (SSSR count). The molecular formula is C68H55N. The molecule has 0 saturated heterocycles. The van der Waals surface area contributed by atoms with Crippen molar-refractivity contribution in [3.63, 3.8) is 0 Å². The molecule has 69 heavy (non-hydrogen) atoms. The van der Waals surface area contributed by atoms with E-state index in [2.05, 4.69) is 231 Å². The summed E-state index contributed by atoms with van der Waals surface area (Å²) in [5.41, 5.74) is 25.1. The standard InChI is InChI=1S/C68H55N/c1-66(2)58-26-12-9-22-54(58)56-25-15-24-52(65(56)66)45-31-33-50(34-32-45)69(51-35-36-55-53-21-10-13-27-59(53)68(62(55)42-51)48-38-43-37-44(40-48)41-49(68)39-43)63-30-16-29-61-64(63)57-23-11-14-28-60(57)67(61,46-17-5-3-6-18-46)47-19-7-4-8-20-47/h3-36,42-44,48-49H,37-41H2,1-2H3. The molecule has 4 bridgehead atoms. The zero-order valence-corrected chi connectivity index (χ0v) is 39.5. The highest BCUT2D eigenvalue weighted by molar-refractivity contribution is 5.98. The molecular weight excluding hydrogens is 831 g/mol. The van der Waals surface area contributed by atoms with Gasteiger partial charge in [0.2, 0.25) is 0 Å². The second-order valence-corrected chi connectivity index (χ2v) is 22.0. The van der Waals surface area contributed by atoms with E-state index < -0.39 is 5.41 Å². The minimum absolute atomic E-state index is 0.0595. The van der Waals surface area contributed by atoms with Gasteiger partial charge in [-0.3, -0.25) is 0 Å². The number of anilines is 3. The Kier molecular flexibility index (Phi) is 8.30. The van der Waals surface area contributed by atoms with E-state index in [4.69, 9.17) is 0 Å². The van der Waals surface area contributed by atoms with Crippen molar-refractivity contribution in [1.82, 2.24) is 0 Å². The number of hydrogen-bond acceptors (Lipinski definition) is 1. The number of fused-ring (bicyclic) bond motifs is 9. The topological polar surface area (TPSA) is 3.24 Å². The van der Waals surface area contributed by atoms with Crippen LogP contribution in [0.5, 0.6) is 0 Å². The summed E-state index contributed by atoms with van der Waals surface area (Å²) in [7, 11) is 0. The van der Waals surface area contributed by atoms with Crippen molar-refractivity contribution in [2.45, 2.75) is 62.2 Å². The van der Waals surface area contributed by atoms with Crippen LogP contribution in [0.3, 0.4) is 0 Å². The van der Waals surface area contributed by atoms with E-state index in [0.29, 0.717) is 11.8 Å². The quantitative estimate of drug-likeness (QED) is 0.161. The van der Waals surface area contributed by atoms with Gasteiger partial charge in [-0.05, 0) is 170 Å². The first-order chi connectivity index (χ1) is 34.0. The Hall–Kier alpha value is -7.22. The first-order valence-corrected chi connectivity index (χ1v) is 25.7. The van der Waals surface area contributed by atoms with Crippen LogP contribution in [-0.2, 0) is 16.2 Å². The van der Waals surface area contributed by atoms with Gasteiger partial charge in [-0.2, -0.15) is 0 Å². The molecule has 0 unspecified atom stereocenters. The van der Waals surface area contributed by atoms with Gasteiger partial charge in [-0.1, -0.05) is 196 Å². The molecule has 4 saturated carbocycles.